The summed E-state index contributed by atoms with van der Waals surface area (Å²) in [6.45, 7) is 0.606. The van der Waals surface area contributed by atoms with Crippen LogP contribution in [0.15, 0.2) is 15.9 Å². The smallest absolute Gasteiger partial charge is 0.223 e. The molecule has 1 N–H and O–H groups in total. The van der Waals surface area contributed by atoms with Crippen LogP contribution in [0.4, 0.5) is 0 Å². The number of thiophene rings is 1. The summed E-state index contributed by atoms with van der Waals surface area (Å²) in [4.78, 5) is 12.9. The van der Waals surface area contributed by atoms with Gasteiger partial charge in [-0.3, -0.25) is 4.79 Å². The van der Waals surface area contributed by atoms with Crippen LogP contribution in [0.5, 0.6) is 0 Å². The van der Waals surface area contributed by atoms with Crippen molar-refractivity contribution in [3.05, 3.63) is 20.8 Å². The van der Waals surface area contributed by atoms with Crippen LogP contribution in [-0.2, 0) is 16.1 Å². The van der Waals surface area contributed by atoms with E-state index in [1.165, 1.54) is 6.42 Å². The monoisotopic (exact) mass is 317 g/mol. The molecule has 0 aliphatic heterocycles. The van der Waals surface area contributed by atoms with E-state index in [0.717, 1.165) is 21.5 Å². The summed E-state index contributed by atoms with van der Waals surface area (Å²) < 4.78 is 6.53. The van der Waals surface area contributed by atoms with Crippen molar-refractivity contribution in [3.8, 4) is 0 Å². The molecule has 1 saturated carbocycles. The van der Waals surface area contributed by atoms with Gasteiger partial charge in [0.15, 0.2) is 0 Å². The summed E-state index contributed by atoms with van der Waals surface area (Å²) in [7, 11) is 1.70. The van der Waals surface area contributed by atoms with Crippen molar-refractivity contribution in [1.82, 2.24) is 5.32 Å². The molecule has 0 aromatic carbocycles. The van der Waals surface area contributed by atoms with Crippen molar-refractivity contribution in [3.63, 3.8) is 0 Å². The standard InChI is InChI=1S/C12H16BrNO2S/c1-16-12(5-2-6-12)7-11(15)14-8-9-3-4-10(13)17-9/h3-4H,2,5-8H2,1H3,(H,14,15). The van der Waals surface area contributed by atoms with Crippen molar-refractivity contribution in [2.24, 2.45) is 0 Å². The molecule has 1 aliphatic carbocycles. The van der Waals surface area contributed by atoms with Gasteiger partial charge in [0, 0.05) is 12.0 Å². The van der Waals surface area contributed by atoms with Gasteiger partial charge >= 0.3 is 0 Å². The van der Waals surface area contributed by atoms with Crippen molar-refractivity contribution in [2.45, 2.75) is 37.8 Å². The van der Waals surface area contributed by atoms with Crippen LogP contribution in [0.1, 0.15) is 30.6 Å². The Balaban J connectivity index is 1.77. The van der Waals surface area contributed by atoms with E-state index in [0.29, 0.717) is 13.0 Å². The van der Waals surface area contributed by atoms with Crippen LogP contribution >= 0.6 is 27.3 Å². The second kappa shape index (κ2) is 5.50. The summed E-state index contributed by atoms with van der Waals surface area (Å²) in [6.07, 6.45) is 3.65. The minimum Gasteiger partial charge on any atom is -0.378 e. The van der Waals surface area contributed by atoms with Gasteiger partial charge in [-0.05, 0) is 47.3 Å². The van der Waals surface area contributed by atoms with E-state index in [4.69, 9.17) is 4.74 Å². The molecule has 5 heteroatoms. The lowest BCUT2D eigenvalue weighted by Crippen LogP contribution is -2.43. The Labute approximate surface area is 114 Å². The van der Waals surface area contributed by atoms with Gasteiger partial charge < -0.3 is 10.1 Å². The van der Waals surface area contributed by atoms with Gasteiger partial charge in [0.1, 0.15) is 0 Å². The minimum atomic E-state index is -0.180. The molecule has 1 fully saturated rings. The highest BCUT2D eigenvalue weighted by atomic mass is 79.9. The van der Waals surface area contributed by atoms with Crippen LogP contribution in [0.25, 0.3) is 0 Å². The summed E-state index contributed by atoms with van der Waals surface area (Å²) in [5.74, 6) is 0.0797. The van der Waals surface area contributed by atoms with Gasteiger partial charge in [-0.2, -0.15) is 0 Å². The average Bonchev–Trinajstić information content (AvgIpc) is 2.67. The molecule has 1 heterocycles. The number of carbonyl (C=O) groups excluding carboxylic acids is 1. The Bertz CT molecular complexity index is 395. The van der Waals surface area contributed by atoms with E-state index in [9.17, 15) is 4.79 Å². The Morgan fingerprint density at radius 2 is 2.35 bits per heavy atom. The third-order valence-electron chi connectivity index (χ3n) is 3.27. The topological polar surface area (TPSA) is 38.3 Å². The maximum atomic E-state index is 11.8. The molecule has 0 atom stereocenters. The fourth-order valence-electron chi connectivity index (χ4n) is 2.01. The van der Waals surface area contributed by atoms with Crippen molar-refractivity contribution in [2.75, 3.05) is 7.11 Å². The fourth-order valence-corrected chi connectivity index (χ4v) is 3.43. The summed E-state index contributed by atoms with van der Waals surface area (Å²) in [5, 5.41) is 2.94. The number of rotatable bonds is 5. The van der Waals surface area contributed by atoms with Gasteiger partial charge in [0.2, 0.25) is 5.91 Å². The van der Waals surface area contributed by atoms with E-state index < -0.39 is 0 Å². The number of hydrogen-bond donors (Lipinski definition) is 1. The number of nitrogens with one attached hydrogen (secondary N) is 1. The van der Waals surface area contributed by atoms with Gasteiger partial charge in [0.05, 0.1) is 22.4 Å². The van der Waals surface area contributed by atoms with Crippen molar-refractivity contribution < 1.29 is 9.53 Å². The molecule has 0 saturated heterocycles. The third-order valence-corrected chi connectivity index (χ3v) is 4.89. The van der Waals surface area contributed by atoms with Crippen LogP contribution in [0.3, 0.4) is 0 Å². The Morgan fingerprint density at radius 1 is 1.59 bits per heavy atom. The number of hydrogen-bond acceptors (Lipinski definition) is 3. The molecule has 0 unspecified atom stereocenters. The van der Waals surface area contributed by atoms with Gasteiger partial charge in [0.25, 0.3) is 0 Å². The number of methoxy groups -OCH3 is 1. The zero-order valence-corrected chi connectivity index (χ0v) is 12.2. The second-order valence-electron chi connectivity index (χ2n) is 4.40. The van der Waals surface area contributed by atoms with Crippen molar-refractivity contribution >= 4 is 33.2 Å². The molecule has 1 amide bonds. The number of amides is 1. The van der Waals surface area contributed by atoms with Gasteiger partial charge in [-0.25, -0.2) is 0 Å². The van der Waals surface area contributed by atoms with Gasteiger partial charge in [-0.15, -0.1) is 11.3 Å². The first-order valence-electron chi connectivity index (χ1n) is 5.70. The molecule has 2 rings (SSSR count). The lowest BCUT2D eigenvalue weighted by atomic mass is 9.77. The SMILES string of the molecule is COC1(CC(=O)NCc2ccc(Br)s2)CCC1. The largest absolute Gasteiger partial charge is 0.378 e. The predicted octanol–water partition coefficient (Wildman–Crippen LogP) is 3.09. The lowest BCUT2D eigenvalue weighted by molar-refractivity contribution is -0.134. The molecule has 1 aromatic rings. The zero-order chi connectivity index (χ0) is 12.3. The third kappa shape index (κ3) is 3.30. The molecule has 0 radical (unpaired) electrons. The molecule has 17 heavy (non-hydrogen) atoms. The quantitative estimate of drug-likeness (QED) is 0.906. The number of halogens is 1. The fraction of sp³-hybridized carbons (Fsp3) is 0.583. The Hall–Kier alpha value is -0.390. The minimum absolute atomic E-state index is 0.0797. The molecule has 0 bridgehead atoms. The molecule has 94 valence electrons. The highest BCUT2D eigenvalue weighted by Gasteiger charge is 2.38. The van der Waals surface area contributed by atoms with E-state index in [-0.39, 0.29) is 11.5 Å². The predicted molar refractivity (Wildman–Crippen MR) is 72.1 cm³/mol. The highest BCUT2D eigenvalue weighted by Crippen LogP contribution is 2.37. The molecular formula is C12H16BrNO2S. The van der Waals surface area contributed by atoms with Crippen LogP contribution in [-0.4, -0.2) is 18.6 Å². The van der Waals surface area contributed by atoms with E-state index in [1.54, 1.807) is 18.4 Å². The summed E-state index contributed by atoms with van der Waals surface area (Å²) in [6, 6.07) is 4.01. The maximum Gasteiger partial charge on any atom is 0.223 e. The molecule has 1 aromatic heterocycles. The first kappa shape index (κ1) is 13.1. The molecule has 3 nitrogen and oxygen atoms in total. The highest BCUT2D eigenvalue weighted by molar-refractivity contribution is 9.11. The van der Waals surface area contributed by atoms with Gasteiger partial charge in [-0.1, -0.05) is 0 Å². The normalized spacial score (nSPS) is 17.5. The van der Waals surface area contributed by atoms with E-state index in [2.05, 4.69) is 21.2 Å². The molecular weight excluding hydrogens is 302 g/mol. The summed E-state index contributed by atoms with van der Waals surface area (Å²) in [5.41, 5.74) is -0.180. The Morgan fingerprint density at radius 3 is 2.82 bits per heavy atom. The lowest BCUT2D eigenvalue weighted by Gasteiger charge is -2.39. The molecule has 0 spiro atoms. The van der Waals surface area contributed by atoms with Crippen molar-refractivity contribution in [1.29, 1.82) is 0 Å². The molecule has 1 aliphatic rings. The van der Waals surface area contributed by atoms with E-state index in [1.807, 2.05) is 12.1 Å². The average molecular weight is 318 g/mol. The van der Waals surface area contributed by atoms with Crippen LogP contribution in [0, 0.1) is 0 Å². The maximum absolute atomic E-state index is 11.8. The number of ether oxygens (including phenoxy) is 1. The Kier molecular flexibility index (Phi) is 4.22. The first-order chi connectivity index (χ1) is 8.13. The summed E-state index contributed by atoms with van der Waals surface area (Å²) >= 11 is 5.05. The zero-order valence-electron chi connectivity index (χ0n) is 9.79. The van der Waals surface area contributed by atoms with E-state index >= 15 is 0 Å². The first-order valence-corrected chi connectivity index (χ1v) is 7.31. The second-order valence-corrected chi connectivity index (χ2v) is 6.95. The van der Waals surface area contributed by atoms with Crippen LogP contribution < -0.4 is 5.32 Å². The number of carbonyl (C=O) groups is 1. The van der Waals surface area contributed by atoms with Crippen LogP contribution in [0.2, 0.25) is 0 Å².